The van der Waals surface area contributed by atoms with Gasteiger partial charge in [0.2, 0.25) is 5.91 Å². The minimum absolute atomic E-state index is 0.111. The highest BCUT2D eigenvalue weighted by Gasteiger charge is 2.07. The Bertz CT molecular complexity index is 494. The maximum absolute atomic E-state index is 11.5. The SMILES string of the molecule is NCCC(=O)Nc1ccccc1-n1ccnn1. The minimum Gasteiger partial charge on any atom is -0.330 e. The van der Waals surface area contributed by atoms with Crippen molar-refractivity contribution < 1.29 is 4.79 Å². The van der Waals surface area contributed by atoms with Crippen LogP contribution < -0.4 is 11.1 Å². The zero-order valence-corrected chi connectivity index (χ0v) is 9.21. The number of hydrogen-bond donors (Lipinski definition) is 2. The number of para-hydroxylation sites is 2. The van der Waals surface area contributed by atoms with Gasteiger partial charge in [0.25, 0.3) is 0 Å². The van der Waals surface area contributed by atoms with Crippen LogP contribution in [0.2, 0.25) is 0 Å². The van der Waals surface area contributed by atoms with Crippen molar-refractivity contribution >= 4 is 11.6 Å². The van der Waals surface area contributed by atoms with E-state index in [-0.39, 0.29) is 5.91 Å². The predicted octanol–water partition coefficient (Wildman–Crippen LogP) is 0.555. The lowest BCUT2D eigenvalue weighted by molar-refractivity contribution is -0.116. The van der Waals surface area contributed by atoms with E-state index in [1.165, 1.54) is 0 Å². The number of nitrogens with two attached hydrogens (primary N) is 1. The van der Waals surface area contributed by atoms with Gasteiger partial charge in [-0.05, 0) is 12.1 Å². The average molecular weight is 231 g/mol. The smallest absolute Gasteiger partial charge is 0.225 e. The topological polar surface area (TPSA) is 85.8 Å². The molecule has 0 aliphatic carbocycles. The fourth-order valence-electron chi connectivity index (χ4n) is 1.46. The second-order valence-corrected chi connectivity index (χ2v) is 3.45. The second-order valence-electron chi connectivity index (χ2n) is 3.45. The van der Waals surface area contributed by atoms with Gasteiger partial charge in [0.05, 0.1) is 23.8 Å². The number of aromatic nitrogens is 3. The molecule has 0 aliphatic heterocycles. The molecule has 1 amide bonds. The molecule has 0 spiro atoms. The van der Waals surface area contributed by atoms with E-state index in [1.807, 2.05) is 24.3 Å². The van der Waals surface area contributed by atoms with Gasteiger partial charge in [-0.2, -0.15) is 0 Å². The van der Waals surface area contributed by atoms with Crippen molar-refractivity contribution in [1.82, 2.24) is 15.0 Å². The van der Waals surface area contributed by atoms with E-state index >= 15 is 0 Å². The van der Waals surface area contributed by atoms with Gasteiger partial charge in [-0.3, -0.25) is 4.79 Å². The van der Waals surface area contributed by atoms with Crippen LogP contribution in [0.3, 0.4) is 0 Å². The van der Waals surface area contributed by atoms with Crippen LogP contribution in [0.25, 0.3) is 5.69 Å². The minimum atomic E-state index is -0.111. The lowest BCUT2D eigenvalue weighted by Gasteiger charge is -2.09. The van der Waals surface area contributed by atoms with Crippen molar-refractivity contribution in [1.29, 1.82) is 0 Å². The molecule has 6 heteroatoms. The lowest BCUT2D eigenvalue weighted by atomic mass is 10.2. The zero-order valence-electron chi connectivity index (χ0n) is 9.21. The first-order chi connectivity index (χ1) is 8.31. The number of nitrogens with zero attached hydrogens (tertiary/aromatic N) is 3. The first-order valence-electron chi connectivity index (χ1n) is 5.27. The number of carbonyl (C=O) groups is 1. The highest BCUT2D eigenvalue weighted by molar-refractivity contribution is 5.92. The Hall–Kier alpha value is -2.21. The van der Waals surface area contributed by atoms with Crippen LogP contribution in [0.15, 0.2) is 36.7 Å². The van der Waals surface area contributed by atoms with Gasteiger partial charge in [0.1, 0.15) is 0 Å². The number of hydrogen-bond acceptors (Lipinski definition) is 4. The summed E-state index contributed by atoms with van der Waals surface area (Å²) in [6.07, 6.45) is 3.60. The number of amides is 1. The van der Waals surface area contributed by atoms with E-state index in [4.69, 9.17) is 5.73 Å². The molecule has 88 valence electrons. The maximum Gasteiger partial charge on any atom is 0.225 e. The molecule has 1 aromatic carbocycles. The normalized spacial score (nSPS) is 10.2. The third kappa shape index (κ3) is 2.67. The Kier molecular flexibility index (Phi) is 3.46. The van der Waals surface area contributed by atoms with E-state index in [1.54, 1.807) is 17.1 Å². The molecular weight excluding hydrogens is 218 g/mol. The Morgan fingerprint density at radius 1 is 1.41 bits per heavy atom. The molecule has 1 heterocycles. The first-order valence-corrected chi connectivity index (χ1v) is 5.27. The summed E-state index contributed by atoms with van der Waals surface area (Å²) in [5.41, 5.74) is 6.79. The molecule has 1 aromatic heterocycles. The second kappa shape index (κ2) is 5.22. The molecular formula is C11H13N5O. The van der Waals surface area contributed by atoms with Gasteiger partial charge in [-0.15, -0.1) is 5.10 Å². The van der Waals surface area contributed by atoms with Crippen LogP contribution in [-0.4, -0.2) is 27.4 Å². The first kappa shape index (κ1) is 11.3. The fraction of sp³-hybridized carbons (Fsp3) is 0.182. The lowest BCUT2D eigenvalue weighted by Crippen LogP contribution is -2.17. The summed E-state index contributed by atoms with van der Waals surface area (Å²) in [6.45, 7) is 0.331. The van der Waals surface area contributed by atoms with Gasteiger partial charge in [0, 0.05) is 13.0 Å². The van der Waals surface area contributed by atoms with Crippen molar-refractivity contribution in [2.45, 2.75) is 6.42 Å². The van der Waals surface area contributed by atoms with Crippen molar-refractivity contribution in [3.05, 3.63) is 36.7 Å². The monoisotopic (exact) mass is 231 g/mol. The third-order valence-electron chi connectivity index (χ3n) is 2.22. The molecule has 6 nitrogen and oxygen atoms in total. The van der Waals surface area contributed by atoms with Crippen LogP contribution >= 0.6 is 0 Å². The zero-order chi connectivity index (χ0) is 12.1. The van der Waals surface area contributed by atoms with Crippen molar-refractivity contribution in [3.8, 4) is 5.69 Å². The summed E-state index contributed by atoms with van der Waals surface area (Å²) in [5.74, 6) is -0.111. The number of benzene rings is 1. The van der Waals surface area contributed by atoms with Crippen LogP contribution in [0, 0.1) is 0 Å². The molecule has 2 aromatic rings. The summed E-state index contributed by atoms with van der Waals surface area (Å²) in [7, 11) is 0. The Morgan fingerprint density at radius 2 is 2.24 bits per heavy atom. The summed E-state index contributed by atoms with van der Waals surface area (Å²) in [4.78, 5) is 11.5. The van der Waals surface area contributed by atoms with Crippen molar-refractivity contribution in [3.63, 3.8) is 0 Å². The van der Waals surface area contributed by atoms with Gasteiger partial charge in [0.15, 0.2) is 0 Å². The number of anilines is 1. The van der Waals surface area contributed by atoms with E-state index in [0.29, 0.717) is 18.7 Å². The molecule has 0 unspecified atom stereocenters. The summed E-state index contributed by atoms with van der Waals surface area (Å²) in [6, 6.07) is 7.38. The summed E-state index contributed by atoms with van der Waals surface area (Å²) < 4.78 is 1.60. The van der Waals surface area contributed by atoms with Gasteiger partial charge < -0.3 is 11.1 Å². The van der Waals surface area contributed by atoms with Crippen molar-refractivity contribution in [2.24, 2.45) is 5.73 Å². The highest BCUT2D eigenvalue weighted by Crippen LogP contribution is 2.18. The van der Waals surface area contributed by atoms with E-state index in [9.17, 15) is 4.79 Å². The average Bonchev–Trinajstić information content (AvgIpc) is 2.83. The van der Waals surface area contributed by atoms with E-state index < -0.39 is 0 Å². The fourth-order valence-corrected chi connectivity index (χ4v) is 1.46. The van der Waals surface area contributed by atoms with Crippen molar-refractivity contribution in [2.75, 3.05) is 11.9 Å². The number of carbonyl (C=O) groups excluding carboxylic acids is 1. The van der Waals surface area contributed by atoms with Gasteiger partial charge >= 0.3 is 0 Å². The molecule has 17 heavy (non-hydrogen) atoms. The van der Waals surface area contributed by atoms with Crippen LogP contribution in [0.1, 0.15) is 6.42 Å². The quantitative estimate of drug-likeness (QED) is 0.804. The summed E-state index contributed by atoms with van der Waals surface area (Å²) >= 11 is 0. The predicted molar refractivity (Wildman–Crippen MR) is 63.7 cm³/mol. The highest BCUT2D eigenvalue weighted by atomic mass is 16.1. The van der Waals surface area contributed by atoms with E-state index in [2.05, 4.69) is 15.6 Å². The van der Waals surface area contributed by atoms with Crippen LogP contribution in [0.5, 0.6) is 0 Å². The van der Waals surface area contributed by atoms with Crippen LogP contribution in [-0.2, 0) is 4.79 Å². The standard InChI is InChI=1S/C11H13N5O/c12-6-5-11(17)14-9-3-1-2-4-10(9)16-8-7-13-15-16/h1-4,7-8H,5-6,12H2,(H,14,17). The number of rotatable bonds is 4. The molecule has 0 radical (unpaired) electrons. The molecule has 0 aliphatic rings. The molecule has 2 rings (SSSR count). The Morgan fingerprint density at radius 3 is 2.94 bits per heavy atom. The molecule has 0 bridgehead atoms. The molecule has 3 N–H and O–H groups in total. The maximum atomic E-state index is 11.5. The molecule has 0 atom stereocenters. The summed E-state index contributed by atoms with van der Waals surface area (Å²) in [5, 5.41) is 10.4. The number of nitrogens with one attached hydrogen (secondary N) is 1. The van der Waals surface area contributed by atoms with Crippen LogP contribution in [0.4, 0.5) is 5.69 Å². The molecule has 0 saturated heterocycles. The van der Waals surface area contributed by atoms with Gasteiger partial charge in [-0.1, -0.05) is 17.3 Å². The molecule has 0 fully saturated rings. The van der Waals surface area contributed by atoms with E-state index in [0.717, 1.165) is 5.69 Å². The molecule has 0 saturated carbocycles. The third-order valence-corrected chi connectivity index (χ3v) is 2.22. The largest absolute Gasteiger partial charge is 0.330 e. The van der Waals surface area contributed by atoms with Gasteiger partial charge in [-0.25, -0.2) is 4.68 Å². The Balaban J connectivity index is 2.25. The Labute approximate surface area is 98.4 Å².